The van der Waals surface area contributed by atoms with E-state index in [9.17, 15) is 8.42 Å². The summed E-state index contributed by atoms with van der Waals surface area (Å²) in [5.41, 5.74) is 2.22. The van der Waals surface area contributed by atoms with E-state index in [2.05, 4.69) is 10.8 Å². The van der Waals surface area contributed by atoms with Gasteiger partial charge in [0.2, 0.25) is 10.0 Å². The van der Waals surface area contributed by atoms with Crippen molar-refractivity contribution in [1.29, 1.82) is 0 Å². The maximum absolute atomic E-state index is 12.5. The van der Waals surface area contributed by atoms with Crippen LogP contribution in [0.4, 0.5) is 0 Å². The molecule has 21 heavy (non-hydrogen) atoms. The molecule has 1 aromatic heterocycles. The quantitative estimate of drug-likeness (QED) is 0.933. The van der Waals surface area contributed by atoms with Crippen LogP contribution >= 0.6 is 11.3 Å². The van der Waals surface area contributed by atoms with Crippen LogP contribution in [-0.4, -0.2) is 8.42 Å². The fourth-order valence-electron chi connectivity index (χ4n) is 2.52. The molecule has 5 heteroatoms. The van der Waals surface area contributed by atoms with Crippen molar-refractivity contribution in [2.75, 3.05) is 0 Å². The molecular formula is C16H17NO2S2. The Bertz CT molecular complexity index is 761. The molecule has 3 nitrogen and oxygen atoms in total. The highest BCUT2D eigenvalue weighted by Crippen LogP contribution is 2.28. The van der Waals surface area contributed by atoms with Gasteiger partial charge in [-0.1, -0.05) is 30.3 Å². The van der Waals surface area contributed by atoms with Crippen LogP contribution in [0.5, 0.6) is 0 Å². The van der Waals surface area contributed by atoms with E-state index in [0.29, 0.717) is 11.3 Å². The predicted octanol–water partition coefficient (Wildman–Crippen LogP) is 3.72. The van der Waals surface area contributed by atoms with Crippen LogP contribution in [0.1, 0.15) is 35.4 Å². The number of fused-ring (bicyclic) bond motifs is 1. The summed E-state index contributed by atoms with van der Waals surface area (Å²) >= 11 is 1.56. The second-order valence-corrected chi connectivity index (χ2v) is 7.91. The number of benzene rings is 1. The van der Waals surface area contributed by atoms with Crippen LogP contribution < -0.4 is 4.72 Å². The summed E-state index contributed by atoms with van der Waals surface area (Å²) in [6.45, 7) is 1.88. The number of hydrogen-bond acceptors (Lipinski definition) is 3. The van der Waals surface area contributed by atoms with E-state index in [1.807, 2.05) is 42.6 Å². The highest BCUT2D eigenvalue weighted by atomic mass is 32.2. The molecule has 0 radical (unpaired) electrons. The van der Waals surface area contributed by atoms with Crippen molar-refractivity contribution in [2.45, 2.75) is 25.8 Å². The van der Waals surface area contributed by atoms with Gasteiger partial charge in [-0.2, -0.15) is 0 Å². The lowest BCUT2D eigenvalue weighted by atomic mass is 9.98. The molecule has 1 N–H and O–H groups in total. The number of nitrogens with one attached hydrogen (secondary N) is 1. The van der Waals surface area contributed by atoms with E-state index in [0.717, 1.165) is 16.9 Å². The Kier molecular flexibility index (Phi) is 3.97. The second-order valence-electron chi connectivity index (χ2n) is 5.17. The number of aryl methyl sites for hydroxylation is 1. The first kappa shape index (κ1) is 14.5. The summed E-state index contributed by atoms with van der Waals surface area (Å²) in [5.74, 6) is 0. The van der Waals surface area contributed by atoms with Gasteiger partial charge in [-0.25, -0.2) is 13.1 Å². The number of rotatable bonds is 4. The molecule has 0 bridgehead atoms. The molecule has 0 spiro atoms. The van der Waals surface area contributed by atoms with Gasteiger partial charge in [0.05, 0.1) is 10.9 Å². The Hall–Kier alpha value is -1.43. The highest BCUT2D eigenvalue weighted by molar-refractivity contribution is 7.93. The lowest BCUT2D eigenvalue weighted by Crippen LogP contribution is -2.28. The van der Waals surface area contributed by atoms with Crippen molar-refractivity contribution in [3.8, 4) is 0 Å². The largest absolute Gasteiger partial charge is 0.237 e. The summed E-state index contributed by atoms with van der Waals surface area (Å²) < 4.78 is 27.8. The van der Waals surface area contributed by atoms with Gasteiger partial charge in [-0.3, -0.25) is 0 Å². The molecule has 2 aromatic rings. The van der Waals surface area contributed by atoms with Gasteiger partial charge in [-0.15, -0.1) is 11.3 Å². The molecule has 1 atom stereocenters. The normalized spacial score (nSPS) is 16.1. The average Bonchev–Trinajstić information content (AvgIpc) is 3.00. The molecule has 0 saturated carbocycles. The van der Waals surface area contributed by atoms with Gasteiger partial charge < -0.3 is 0 Å². The SMILES string of the molecule is CC(NS(=O)(=O)C1=Cc2ccccc2CC1)c1cccs1. The minimum absolute atomic E-state index is 0.201. The Morgan fingerprint density at radius 1 is 1.14 bits per heavy atom. The van der Waals surface area contributed by atoms with Crippen molar-refractivity contribution < 1.29 is 8.42 Å². The number of allylic oxidation sites excluding steroid dienone is 1. The summed E-state index contributed by atoms with van der Waals surface area (Å²) in [5, 5.41) is 1.95. The van der Waals surface area contributed by atoms with Crippen LogP contribution in [0.15, 0.2) is 46.7 Å². The number of thiophene rings is 1. The third-order valence-electron chi connectivity index (χ3n) is 3.66. The molecule has 1 aromatic carbocycles. The molecule has 3 rings (SSSR count). The fraction of sp³-hybridized carbons (Fsp3) is 0.250. The zero-order chi connectivity index (χ0) is 14.9. The highest BCUT2D eigenvalue weighted by Gasteiger charge is 2.24. The van der Waals surface area contributed by atoms with Crippen molar-refractivity contribution in [1.82, 2.24) is 4.72 Å². The van der Waals surface area contributed by atoms with Crippen LogP contribution in [-0.2, 0) is 16.4 Å². The van der Waals surface area contributed by atoms with Crippen molar-refractivity contribution in [3.63, 3.8) is 0 Å². The minimum atomic E-state index is -3.43. The van der Waals surface area contributed by atoms with Gasteiger partial charge in [0, 0.05) is 4.88 Å². The standard InChI is InChI=1S/C16H17NO2S2/c1-12(16-7-4-10-20-16)17-21(18,19)15-9-8-13-5-2-3-6-14(13)11-15/h2-7,10-12,17H,8-9H2,1H3. The first-order valence-electron chi connectivity index (χ1n) is 6.90. The Morgan fingerprint density at radius 3 is 2.71 bits per heavy atom. The Balaban J connectivity index is 1.85. The third kappa shape index (κ3) is 3.10. The molecule has 1 aliphatic carbocycles. The van der Waals surface area contributed by atoms with Crippen molar-refractivity contribution >= 4 is 27.4 Å². The van der Waals surface area contributed by atoms with E-state index < -0.39 is 10.0 Å². The summed E-state index contributed by atoms with van der Waals surface area (Å²) in [6, 6.07) is 11.6. The molecule has 0 aliphatic heterocycles. The van der Waals surface area contributed by atoms with Gasteiger partial charge >= 0.3 is 0 Å². The summed E-state index contributed by atoms with van der Waals surface area (Å²) in [7, 11) is -3.43. The van der Waals surface area contributed by atoms with E-state index in [1.54, 1.807) is 17.4 Å². The van der Waals surface area contributed by atoms with Gasteiger partial charge in [0.1, 0.15) is 0 Å². The molecule has 1 heterocycles. The van der Waals surface area contributed by atoms with Crippen LogP contribution in [0.25, 0.3) is 6.08 Å². The lowest BCUT2D eigenvalue weighted by Gasteiger charge is -2.19. The third-order valence-corrected chi connectivity index (χ3v) is 6.39. The van der Waals surface area contributed by atoms with E-state index in [-0.39, 0.29) is 6.04 Å². The molecule has 0 saturated heterocycles. The lowest BCUT2D eigenvalue weighted by molar-refractivity contribution is 0.573. The average molecular weight is 319 g/mol. The van der Waals surface area contributed by atoms with Crippen molar-refractivity contribution in [2.24, 2.45) is 0 Å². The van der Waals surface area contributed by atoms with Crippen LogP contribution in [0.2, 0.25) is 0 Å². The topological polar surface area (TPSA) is 46.2 Å². The number of sulfonamides is 1. The smallest absolute Gasteiger partial charge is 0.207 e. The molecule has 1 aliphatic rings. The van der Waals surface area contributed by atoms with Gasteiger partial charge in [0.25, 0.3) is 0 Å². The van der Waals surface area contributed by atoms with E-state index in [4.69, 9.17) is 0 Å². The molecular weight excluding hydrogens is 302 g/mol. The maximum atomic E-state index is 12.5. The Labute approximate surface area is 129 Å². The van der Waals surface area contributed by atoms with Gasteiger partial charge in [-0.05, 0) is 48.4 Å². The molecule has 110 valence electrons. The molecule has 0 fully saturated rings. The number of hydrogen-bond donors (Lipinski definition) is 1. The van der Waals surface area contributed by atoms with Crippen molar-refractivity contribution in [3.05, 3.63) is 62.7 Å². The molecule has 0 amide bonds. The zero-order valence-electron chi connectivity index (χ0n) is 11.7. The fourth-order valence-corrected chi connectivity index (χ4v) is 4.73. The van der Waals surface area contributed by atoms with Crippen LogP contribution in [0, 0.1) is 0 Å². The maximum Gasteiger partial charge on any atom is 0.237 e. The summed E-state index contributed by atoms with van der Waals surface area (Å²) in [6.07, 6.45) is 3.13. The zero-order valence-corrected chi connectivity index (χ0v) is 13.4. The first-order chi connectivity index (χ1) is 10.1. The van der Waals surface area contributed by atoms with Gasteiger partial charge in [0.15, 0.2) is 0 Å². The predicted molar refractivity (Wildman–Crippen MR) is 87.5 cm³/mol. The first-order valence-corrected chi connectivity index (χ1v) is 9.27. The summed E-state index contributed by atoms with van der Waals surface area (Å²) in [4.78, 5) is 1.50. The molecule has 1 unspecified atom stereocenters. The van der Waals surface area contributed by atoms with E-state index in [1.165, 1.54) is 5.56 Å². The monoisotopic (exact) mass is 319 g/mol. The van der Waals surface area contributed by atoms with E-state index >= 15 is 0 Å². The Morgan fingerprint density at radius 2 is 1.95 bits per heavy atom. The second kappa shape index (κ2) is 5.75. The minimum Gasteiger partial charge on any atom is -0.207 e. The van der Waals surface area contributed by atoms with Crippen LogP contribution in [0.3, 0.4) is 0 Å².